The fraction of sp³-hybridized carbons (Fsp3) is 0.533. The normalized spacial score (nSPS) is 21.2. The van der Waals surface area contributed by atoms with Crippen LogP contribution in [0.2, 0.25) is 0 Å². The van der Waals surface area contributed by atoms with Crippen LogP contribution < -0.4 is 5.32 Å². The topological polar surface area (TPSA) is 82.2 Å². The molecule has 0 radical (unpaired) electrons. The number of nitrogens with zero attached hydrogens (tertiary/aromatic N) is 3. The van der Waals surface area contributed by atoms with E-state index in [1.165, 1.54) is 6.39 Å². The smallest absolute Gasteiger partial charge is 0.273 e. The second-order valence-electron chi connectivity index (χ2n) is 5.38. The Morgan fingerprint density at radius 2 is 2.36 bits per heavy atom. The molecular weight excluding hydrogens is 284 g/mol. The number of hydrogen-bond acceptors (Lipinski definition) is 5. The fourth-order valence-electron chi connectivity index (χ4n) is 2.80. The molecule has 7 nitrogen and oxygen atoms in total. The van der Waals surface area contributed by atoms with Crippen LogP contribution in [0.3, 0.4) is 0 Å². The highest BCUT2D eigenvalue weighted by molar-refractivity contribution is 5.93. The molecule has 0 unspecified atom stereocenters. The van der Waals surface area contributed by atoms with E-state index in [-0.39, 0.29) is 17.9 Å². The van der Waals surface area contributed by atoms with Gasteiger partial charge in [-0.2, -0.15) is 0 Å². The predicted octanol–water partition coefficient (Wildman–Crippen LogP) is 1.71. The summed E-state index contributed by atoms with van der Waals surface area (Å²) in [5, 5.41) is 2.92. The Morgan fingerprint density at radius 1 is 1.50 bits per heavy atom. The molecular formula is C15H20N4O3. The maximum atomic E-state index is 12.1. The molecule has 2 aromatic rings. The Bertz CT molecular complexity index is 649. The molecule has 3 heterocycles. The Labute approximate surface area is 128 Å². The first kappa shape index (κ1) is 14.8. The summed E-state index contributed by atoms with van der Waals surface area (Å²) in [6.07, 6.45) is 5.84. The monoisotopic (exact) mass is 304 g/mol. The summed E-state index contributed by atoms with van der Waals surface area (Å²) in [6, 6.07) is 0. The van der Waals surface area contributed by atoms with Crippen molar-refractivity contribution in [3.05, 3.63) is 36.1 Å². The van der Waals surface area contributed by atoms with Crippen LogP contribution in [0.25, 0.3) is 0 Å². The first-order valence-corrected chi connectivity index (χ1v) is 7.51. The summed E-state index contributed by atoms with van der Waals surface area (Å²) < 4.78 is 13.0. The van der Waals surface area contributed by atoms with Gasteiger partial charge in [0.2, 0.25) is 0 Å². The highest BCUT2D eigenvalue weighted by Crippen LogP contribution is 2.33. The number of imidazole rings is 1. The zero-order valence-corrected chi connectivity index (χ0v) is 12.8. The number of oxazole rings is 1. The fourth-order valence-corrected chi connectivity index (χ4v) is 2.80. The summed E-state index contributed by atoms with van der Waals surface area (Å²) >= 11 is 0. The molecule has 2 aromatic heterocycles. The molecule has 0 spiro atoms. The molecule has 0 saturated carbocycles. The third-order valence-corrected chi connectivity index (χ3v) is 4.04. The molecule has 22 heavy (non-hydrogen) atoms. The lowest BCUT2D eigenvalue weighted by Crippen LogP contribution is -2.31. The molecule has 1 saturated heterocycles. The molecule has 118 valence electrons. The molecule has 2 atom stereocenters. The third-order valence-electron chi connectivity index (χ3n) is 4.04. The number of aryl methyl sites for hydroxylation is 2. The quantitative estimate of drug-likeness (QED) is 0.909. The van der Waals surface area contributed by atoms with Crippen LogP contribution in [0.1, 0.15) is 41.5 Å². The van der Waals surface area contributed by atoms with E-state index in [0.29, 0.717) is 24.6 Å². The van der Waals surface area contributed by atoms with Gasteiger partial charge in [-0.1, -0.05) is 0 Å². The molecule has 7 heteroatoms. The molecule has 0 bridgehead atoms. The molecule has 1 aliphatic rings. The minimum absolute atomic E-state index is 0.0753. The molecule has 1 amide bonds. The van der Waals surface area contributed by atoms with E-state index in [9.17, 15) is 4.79 Å². The van der Waals surface area contributed by atoms with Gasteiger partial charge in [-0.25, -0.2) is 9.97 Å². The second-order valence-corrected chi connectivity index (χ2v) is 5.38. The highest BCUT2D eigenvalue weighted by Gasteiger charge is 2.33. The zero-order chi connectivity index (χ0) is 15.5. The SMILES string of the molecule is CCn1ccnc1[C@@H]1OCC[C@H]1CNC(=O)c1ncoc1C. The van der Waals surface area contributed by atoms with Crippen molar-refractivity contribution < 1.29 is 13.9 Å². The van der Waals surface area contributed by atoms with Crippen molar-refractivity contribution >= 4 is 5.91 Å². The lowest BCUT2D eigenvalue weighted by molar-refractivity contribution is 0.0772. The van der Waals surface area contributed by atoms with Gasteiger partial charge < -0.3 is 19.0 Å². The summed E-state index contributed by atoms with van der Waals surface area (Å²) in [6.45, 7) is 5.87. The van der Waals surface area contributed by atoms with E-state index in [1.807, 2.05) is 6.20 Å². The highest BCUT2D eigenvalue weighted by atomic mass is 16.5. The third kappa shape index (κ3) is 2.76. The number of ether oxygens (including phenoxy) is 1. The number of aromatic nitrogens is 3. The number of rotatable bonds is 5. The van der Waals surface area contributed by atoms with E-state index in [0.717, 1.165) is 18.8 Å². The van der Waals surface area contributed by atoms with Gasteiger partial charge in [0.25, 0.3) is 5.91 Å². The molecule has 1 N–H and O–H groups in total. The Morgan fingerprint density at radius 3 is 3.09 bits per heavy atom. The Kier molecular flexibility index (Phi) is 4.24. The minimum Gasteiger partial charge on any atom is -0.448 e. The predicted molar refractivity (Wildman–Crippen MR) is 78.3 cm³/mol. The number of nitrogens with one attached hydrogen (secondary N) is 1. The number of hydrogen-bond donors (Lipinski definition) is 1. The lowest BCUT2D eigenvalue weighted by atomic mass is 10.0. The van der Waals surface area contributed by atoms with Crippen molar-refractivity contribution in [2.24, 2.45) is 5.92 Å². The van der Waals surface area contributed by atoms with Crippen LogP contribution >= 0.6 is 0 Å². The van der Waals surface area contributed by atoms with Gasteiger partial charge in [-0.15, -0.1) is 0 Å². The summed E-state index contributed by atoms with van der Waals surface area (Å²) in [5.41, 5.74) is 0.338. The van der Waals surface area contributed by atoms with Crippen LogP contribution in [-0.2, 0) is 11.3 Å². The van der Waals surface area contributed by atoms with Crippen molar-refractivity contribution in [1.82, 2.24) is 19.9 Å². The molecule has 1 aliphatic heterocycles. The summed E-state index contributed by atoms with van der Waals surface area (Å²) in [5.74, 6) is 1.45. The van der Waals surface area contributed by atoms with Gasteiger partial charge in [-0.05, 0) is 20.3 Å². The summed E-state index contributed by atoms with van der Waals surface area (Å²) in [7, 11) is 0. The standard InChI is InChI=1S/C15H20N4O3/c1-3-19-6-5-16-14(19)13-11(4-7-21-13)8-17-15(20)12-10(2)22-9-18-12/h5-6,9,11,13H,3-4,7-8H2,1-2H3,(H,17,20)/t11-,13+/m0/s1. The van der Waals surface area contributed by atoms with Gasteiger partial charge in [0.15, 0.2) is 12.1 Å². The first-order chi connectivity index (χ1) is 10.7. The van der Waals surface area contributed by atoms with Crippen molar-refractivity contribution in [1.29, 1.82) is 0 Å². The van der Waals surface area contributed by atoms with E-state index < -0.39 is 0 Å². The van der Waals surface area contributed by atoms with E-state index in [1.54, 1.807) is 13.1 Å². The number of carbonyl (C=O) groups excluding carboxylic acids is 1. The van der Waals surface area contributed by atoms with Gasteiger partial charge in [0.05, 0.1) is 0 Å². The van der Waals surface area contributed by atoms with E-state index in [4.69, 9.17) is 9.15 Å². The number of amides is 1. The van der Waals surface area contributed by atoms with E-state index >= 15 is 0 Å². The van der Waals surface area contributed by atoms with Gasteiger partial charge in [0, 0.05) is 38.0 Å². The van der Waals surface area contributed by atoms with Crippen LogP contribution in [0.15, 0.2) is 23.2 Å². The molecule has 1 fully saturated rings. The van der Waals surface area contributed by atoms with Gasteiger partial charge in [0.1, 0.15) is 17.7 Å². The van der Waals surface area contributed by atoms with Crippen molar-refractivity contribution in [3.63, 3.8) is 0 Å². The lowest BCUT2D eigenvalue weighted by Gasteiger charge is -2.19. The first-order valence-electron chi connectivity index (χ1n) is 7.51. The van der Waals surface area contributed by atoms with Crippen molar-refractivity contribution in [3.8, 4) is 0 Å². The number of carbonyl (C=O) groups is 1. The van der Waals surface area contributed by atoms with Crippen molar-refractivity contribution in [2.75, 3.05) is 13.2 Å². The summed E-state index contributed by atoms with van der Waals surface area (Å²) in [4.78, 5) is 20.4. The maximum Gasteiger partial charge on any atom is 0.273 e. The van der Waals surface area contributed by atoms with Crippen LogP contribution in [0.5, 0.6) is 0 Å². The van der Waals surface area contributed by atoms with Crippen molar-refractivity contribution in [2.45, 2.75) is 32.9 Å². The molecule has 3 rings (SSSR count). The van der Waals surface area contributed by atoms with E-state index in [2.05, 4.69) is 26.8 Å². The zero-order valence-electron chi connectivity index (χ0n) is 12.8. The molecule has 0 aromatic carbocycles. The Hall–Kier alpha value is -2.15. The average Bonchev–Trinajstić information content (AvgIpc) is 3.24. The van der Waals surface area contributed by atoms with Crippen LogP contribution in [-0.4, -0.2) is 33.6 Å². The van der Waals surface area contributed by atoms with Crippen LogP contribution in [0.4, 0.5) is 0 Å². The average molecular weight is 304 g/mol. The largest absolute Gasteiger partial charge is 0.448 e. The molecule has 0 aliphatic carbocycles. The second kappa shape index (κ2) is 6.31. The van der Waals surface area contributed by atoms with Gasteiger partial charge >= 0.3 is 0 Å². The van der Waals surface area contributed by atoms with Gasteiger partial charge in [-0.3, -0.25) is 4.79 Å². The minimum atomic E-state index is -0.212. The Balaban J connectivity index is 1.65. The maximum absolute atomic E-state index is 12.1. The van der Waals surface area contributed by atoms with Crippen LogP contribution in [0, 0.1) is 12.8 Å².